The van der Waals surface area contributed by atoms with E-state index in [-0.39, 0.29) is 49.7 Å². The lowest BCUT2D eigenvalue weighted by Crippen LogP contribution is -2.57. The predicted octanol–water partition coefficient (Wildman–Crippen LogP) is 0.845. The number of nitrogens with zero attached hydrogens (tertiary/aromatic N) is 4. The Morgan fingerprint density at radius 3 is 2.61 bits per heavy atom. The van der Waals surface area contributed by atoms with Crippen LogP contribution in [0.25, 0.3) is 0 Å². The van der Waals surface area contributed by atoms with Gasteiger partial charge in [0, 0.05) is 39.3 Å². The number of carbonyl (C=O) groups excluding carboxylic acids is 2. The fourth-order valence-electron chi connectivity index (χ4n) is 4.72. The van der Waals surface area contributed by atoms with Gasteiger partial charge in [-0.2, -0.15) is 22.3 Å². The van der Waals surface area contributed by atoms with E-state index in [1.165, 1.54) is 20.7 Å². The molecule has 0 radical (unpaired) electrons. The predicted molar refractivity (Wildman–Crippen MR) is 117 cm³/mol. The van der Waals surface area contributed by atoms with Crippen LogP contribution in [0.4, 0.5) is 4.39 Å². The molecule has 3 fully saturated rings. The van der Waals surface area contributed by atoms with E-state index in [2.05, 4.69) is 11.4 Å². The summed E-state index contributed by atoms with van der Waals surface area (Å²) < 4.78 is 41.7. The van der Waals surface area contributed by atoms with Gasteiger partial charge in [-0.05, 0) is 43.4 Å². The molecule has 9 nitrogen and oxygen atoms in total. The summed E-state index contributed by atoms with van der Waals surface area (Å²) >= 11 is 0. The molecular formula is C22H28FN5O4S. The van der Waals surface area contributed by atoms with E-state index in [9.17, 15) is 22.4 Å². The van der Waals surface area contributed by atoms with Crippen LogP contribution in [0.3, 0.4) is 0 Å². The number of rotatable bonds is 6. The van der Waals surface area contributed by atoms with Gasteiger partial charge in [-0.25, -0.2) is 4.39 Å². The summed E-state index contributed by atoms with van der Waals surface area (Å²) in [6, 6.07) is 7.44. The standard InChI is InChI=1S/C22H28FN5O4S/c23-19-6-1-4-16(10-19)12-25-21(29)20-7-3-9-28(20)22(30)18-5-2-8-26(15-18)33(31,32)27-13-17(11-24)14-27/h1,4,6,10,17-18,20H,2-3,5,7-9,12-15H2,(H,25,29)/t18-,20+/m0/s1. The number of piperidine rings is 1. The summed E-state index contributed by atoms with van der Waals surface area (Å²) in [6.45, 7) is 1.43. The minimum absolute atomic E-state index is 0.0863. The van der Waals surface area contributed by atoms with Crippen LogP contribution in [0, 0.1) is 29.0 Å². The minimum Gasteiger partial charge on any atom is -0.350 e. The zero-order chi connectivity index (χ0) is 23.6. The molecule has 3 saturated heterocycles. The second kappa shape index (κ2) is 9.75. The van der Waals surface area contributed by atoms with Gasteiger partial charge in [-0.15, -0.1) is 0 Å². The van der Waals surface area contributed by atoms with E-state index in [1.54, 1.807) is 17.0 Å². The number of carbonyl (C=O) groups is 2. The molecule has 0 aromatic heterocycles. The fourth-order valence-corrected chi connectivity index (χ4v) is 6.51. The van der Waals surface area contributed by atoms with E-state index in [1.807, 2.05) is 0 Å². The Morgan fingerprint density at radius 2 is 1.88 bits per heavy atom. The molecule has 3 heterocycles. The Hall–Kier alpha value is -2.55. The van der Waals surface area contributed by atoms with Crippen molar-refractivity contribution < 1.29 is 22.4 Å². The third-order valence-electron chi connectivity index (χ3n) is 6.61. The second-order valence-electron chi connectivity index (χ2n) is 8.89. The molecule has 1 aromatic carbocycles. The normalized spacial score (nSPS) is 24.8. The number of nitrogens with one attached hydrogen (secondary N) is 1. The molecule has 0 spiro atoms. The number of nitriles is 1. The maximum absolute atomic E-state index is 13.4. The zero-order valence-corrected chi connectivity index (χ0v) is 19.1. The van der Waals surface area contributed by atoms with Crippen molar-refractivity contribution in [3.63, 3.8) is 0 Å². The number of halogens is 1. The Kier molecular flexibility index (Phi) is 6.97. The van der Waals surface area contributed by atoms with Crippen molar-refractivity contribution in [3.8, 4) is 6.07 Å². The van der Waals surface area contributed by atoms with Crippen LogP contribution >= 0.6 is 0 Å². The molecular weight excluding hydrogens is 449 g/mol. The van der Waals surface area contributed by atoms with Crippen molar-refractivity contribution in [2.75, 3.05) is 32.7 Å². The molecule has 3 aliphatic heterocycles. The Balaban J connectivity index is 1.36. The zero-order valence-electron chi connectivity index (χ0n) is 18.3. The summed E-state index contributed by atoms with van der Waals surface area (Å²) in [5.74, 6) is -1.64. The largest absolute Gasteiger partial charge is 0.350 e. The van der Waals surface area contributed by atoms with Crippen molar-refractivity contribution in [1.29, 1.82) is 5.26 Å². The van der Waals surface area contributed by atoms with Crippen LogP contribution in [-0.4, -0.2) is 72.5 Å². The highest BCUT2D eigenvalue weighted by Crippen LogP contribution is 2.29. The first kappa shape index (κ1) is 23.6. The van der Waals surface area contributed by atoms with Gasteiger partial charge in [0.15, 0.2) is 0 Å². The maximum Gasteiger partial charge on any atom is 0.282 e. The van der Waals surface area contributed by atoms with E-state index in [0.29, 0.717) is 44.3 Å². The lowest BCUT2D eigenvalue weighted by molar-refractivity contribution is -0.142. The SMILES string of the molecule is N#CC1CN(S(=O)(=O)N2CCC[C@H](C(=O)N3CCC[C@@H]3C(=O)NCc3cccc(F)c3)C2)C1. The van der Waals surface area contributed by atoms with Crippen LogP contribution < -0.4 is 5.32 Å². The topological polar surface area (TPSA) is 114 Å². The molecule has 178 valence electrons. The van der Waals surface area contributed by atoms with Crippen LogP contribution in [0.15, 0.2) is 24.3 Å². The van der Waals surface area contributed by atoms with Crippen LogP contribution in [-0.2, 0) is 26.3 Å². The van der Waals surface area contributed by atoms with Crippen LogP contribution in [0.1, 0.15) is 31.2 Å². The lowest BCUT2D eigenvalue weighted by Gasteiger charge is -2.41. The molecule has 3 aliphatic rings. The molecule has 11 heteroatoms. The van der Waals surface area contributed by atoms with Crippen molar-refractivity contribution in [3.05, 3.63) is 35.6 Å². The average Bonchev–Trinajstić information content (AvgIpc) is 3.26. The third-order valence-corrected chi connectivity index (χ3v) is 8.55. The van der Waals surface area contributed by atoms with Crippen molar-refractivity contribution in [2.24, 2.45) is 11.8 Å². The molecule has 2 atom stereocenters. The summed E-state index contributed by atoms with van der Waals surface area (Å²) in [4.78, 5) is 27.6. The average molecular weight is 478 g/mol. The monoisotopic (exact) mass is 477 g/mol. The van der Waals surface area contributed by atoms with Gasteiger partial charge >= 0.3 is 0 Å². The fraction of sp³-hybridized carbons (Fsp3) is 0.591. The van der Waals surface area contributed by atoms with Gasteiger partial charge in [0.25, 0.3) is 10.2 Å². The number of benzene rings is 1. The van der Waals surface area contributed by atoms with Gasteiger partial charge in [0.1, 0.15) is 11.9 Å². The van der Waals surface area contributed by atoms with E-state index in [0.717, 1.165) is 0 Å². The number of hydrogen-bond donors (Lipinski definition) is 1. The second-order valence-corrected chi connectivity index (χ2v) is 10.8. The molecule has 0 bridgehead atoms. The first-order chi connectivity index (χ1) is 15.8. The summed E-state index contributed by atoms with van der Waals surface area (Å²) in [5.41, 5.74) is 0.636. The quantitative estimate of drug-likeness (QED) is 0.652. The van der Waals surface area contributed by atoms with Gasteiger partial charge in [0.2, 0.25) is 11.8 Å². The molecule has 0 unspecified atom stereocenters. The molecule has 4 rings (SSSR count). The lowest BCUT2D eigenvalue weighted by atomic mass is 9.97. The Morgan fingerprint density at radius 1 is 1.12 bits per heavy atom. The van der Waals surface area contributed by atoms with Crippen molar-refractivity contribution >= 4 is 22.0 Å². The third kappa shape index (κ3) is 5.03. The number of likely N-dealkylation sites (tertiary alicyclic amines) is 1. The van der Waals surface area contributed by atoms with Crippen LogP contribution in [0.5, 0.6) is 0 Å². The molecule has 1 aromatic rings. The minimum atomic E-state index is -3.70. The van der Waals surface area contributed by atoms with Gasteiger partial charge in [0.05, 0.1) is 17.9 Å². The number of hydrogen-bond acceptors (Lipinski definition) is 5. The van der Waals surface area contributed by atoms with E-state index >= 15 is 0 Å². The highest BCUT2D eigenvalue weighted by atomic mass is 32.2. The van der Waals surface area contributed by atoms with Gasteiger partial charge in [-0.1, -0.05) is 12.1 Å². The van der Waals surface area contributed by atoms with Crippen molar-refractivity contribution in [2.45, 2.75) is 38.3 Å². The van der Waals surface area contributed by atoms with Crippen LogP contribution in [0.2, 0.25) is 0 Å². The molecule has 2 amide bonds. The molecule has 0 aliphatic carbocycles. The smallest absolute Gasteiger partial charge is 0.282 e. The van der Waals surface area contributed by atoms with Gasteiger partial charge in [-0.3, -0.25) is 9.59 Å². The van der Waals surface area contributed by atoms with E-state index < -0.39 is 22.2 Å². The first-order valence-electron chi connectivity index (χ1n) is 11.3. The summed E-state index contributed by atoms with van der Waals surface area (Å²) in [6.07, 6.45) is 2.37. The molecule has 1 N–H and O–H groups in total. The Labute approximate surface area is 193 Å². The highest BCUT2D eigenvalue weighted by molar-refractivity contribution is 7.86. The first-order valence-corrected chi connectivity index (χ1v) is 12.7. The Bertz CT molecular complexity index is 1050. The summed E-state index contributed by atoms with van der Waals surface area (Å²) in [7, 11) is -3.70. The van der Waals surface area contributed by atoms with Gasteiger partial charge < -0.3 is 10.2 Å². The highest BCUT2D eigenvalue weighted by Gasteiger charge is 2.44. The molecule has 0 saturated carbocycles. The summed E-state index contributed by atoms with van der Waals surface area (Å²) in [5, 5.41) is 11.7. The molecule has 33 heavy (non-hydrogen) atoms. The van der Waals surface area contributed by atoms with E-state index in [4.69, 9.17) is 5.26 Å². The van der Waals surface area contributed by atoms with Crippen molar-refractivity contribution in [1.82, 2.24) is 18.8 Å². The number of amides is 2. The maximum atomic E-state index is 13.4.